The van der Waals surface area contributed by atoms with Gasteiger partial charge in [0.1, 0.15) is 6.61 Å². The lowest BCUT2D eigenvalue weighted by atomic mass is 10.1. The van der Waals surface area contributed by atoms with E-state index in [1.54, 1.807) is 12.2 Å². The number of rotatable bonds is 12. The summed E-state index contributed by atoms with van der Waals surface area (Å²) in [6, 6.07) is 0. The predicted molar refractivity (Wildman–Crippen MR) is 74.3 cm³/mol. The first-order valence-corrected chi connectivity index (χ1v) is 6.83. The van der Waals surface area contributed by atoms with Crippen LogP contribution in [-0.2, 0) is 9.53 Å². The molecule has 0 bridgehead atoms. The van der Waals surface area contributed by atoms with Gasteiger partial charge < -0.3 is 9.84 Å². The minimum absolute atomic E-state index is 0.0105. The lowest BCUT2D eigenvalue weighted by Crippen LogP contribution is -2.04. The minimum Gasteiger partial charge on any atom is -0.461 e. The number of ether oxygens (including phenoxy) is 1. The SMILES string of the molecule is C=CCCCCCCCCC(=O)OCC=CCO. The van der Waals surface area contributed by atoms with Crippen LogP contribution in [0.3, 0.4) is 0 Å². The van der Waals surface area contributed by atoms with E-state index in [1.807, 2.05) is 6.08 Å². The molecule has 0 amide bonds. The molecule has 18 heavy (non-hydrogen) atoms. The molecular weight excluding hydrogens is 228 g/mol. The fourth-order valence-electron chi connectivity index (χ4n) is 1.62. The second-order valence-corrected chi connectivity index (χ2v) is 4.29. The standard InChI is InChI=1S/C15H26O3/c1-2-3-4-5-6-7-8-9-12-15(17)18-14-11-10-13-16/h2,10-11,16H,1,3-9,12-14H2. The number of carbonyl (C=O) groups is 1. The van der Waals surface area contributed by atoms with E-state index in [1.165, 1.54) is 25.7 Å². The van der Waals surface area contributed by atoms with Crippen LogP contribution in [-0.4, -0.2) is 24.3 Å². The molecule has 0 aliphatic heterocycles. The van der Waals surface area contributed by atoms with Crippen molar-refractivity contribution in [3.63, 3.8) is 0 Å². The predicted octanol–water partition coefficient (Wildman–Crippen LogP) is 3.38. The maximum Gasteiger partial charge on any atom is 0.306 e. The lowest BCUT2D eigenvalue weighted by Gasteiger charge is -2.02. The first kappa shape index (κ1) is 16.9. The summed E-state index contributed by atoms with van der Waals surface area (Å²) >= 11 is 0. The van der Waals surface area contributed by atoms with Gasteiger partial charge in [-0.3, -0.25) is 4.79 Å². The molecule has 0 rings (SSSR count). The number of hydrogen-bond acceptors (Lipinski definition) is 3. The van der Waals surface area contributed by atoms with Crippen LogP contribution in [0.25, 0.3) is 0 Å². The fourth-order valence-corrected chi connectivity index (χ4v) is 1.62. The van der Waals surface area contributed by atoms with E-state index in [2.05, 4.69) is 6.58 Å². The Bertz CT molecular complexity index is 234. The van der Waals surface area contributed by atoms with Crippen LogP contribution in [0.5, 0.6) is 0 Å². The highest BCUT2D eigenvalue weighted by molar-refractivity contribution is 5.69. The molecule has 0 fully saturated rings. The van der Waals surface area contributed by atoms with Crippen molar-refractivity contribution >= 4 is 5.97 Å². The Kier molecular flexibility index (Phi) is 13.1. The van der Waals surface area contributed by atoms with Gasteiger partial charge in [-0.25, -0.2) is 0 Å². The molecule has 0 aliphatic carbocycles. The number of aliphatic hydroxyl groups is 1. The molecule has 0 unspecified atom stereocenters. The molecule has 0 atom stereocenters. The highest BCUT2D eigenvalue weighted by Crippen LogP contribution is 2.09. The van der Waals surface area contributed by atoms with Crippen molar-refractivity contribution in [2.24, 2.45) is 0 Å². The smallest absolute Gasteiger partial charge is 0.306 e. The molecule has 0 spiro atoms. The minimum atomic E-state index is -0.149. The Labute approximate surface area is 111 Å². The van der Waals surface area contributed by atoms with E-state index >= 15 is 0 Å². The van der Waals surface area contributed by atoms with Crippen LogP contribution in [0.1, 0.15) is 51.4 Å². The maximum atomic E-state index is 11.3. The maximum absolute atomic E-state index is 11.3. The van der Waals surface area contributed by atoms with Crippen LogP contribution < -0.4 is 0 Å². The Morgan fingerprint density at radius 3 is 2.39 bits per heavy atom. The van der Waals surface area contributed by atoms with Crippen molar-refractivity contribution in [3.05, 3.63) is 24.8 Å². The molecule has 0 radical (unpaired) electrons. The third-order valence-corrected chi connectivity index (χ3v) is 2.65. The number of carbonyl (C=O) groups excluding carboxylic acids is 1. The van der Waals surface area contributed by atoms with Gasteiger partial charge in [-0.2, -0.15) is 0 Å². The van der Waals surface area contributed by atoms with Gasteiger partial charge in [0, 0.05) is 6.42 Å². The molecule has 3 nitrogen and oxygen atoms in total. The molecular formula is C15H26O3. The van der Waals surface area contributed by atoms with E-state index in [4.69, 9.17) is 9.84 Å². The molecule has 0 heterocycles. The van der Waals surface area contributed by atoms with Crippen LogP contribution in [0.4, 0.5) is 0 Å². The van der Waals surface area contributed by atoms with Gasteiger partial charge in [-0.15, -0.1) is 6.58 Å². The molecule has 104 valence electrons. The quantitative estimate of drug-likeness (QED) is 0.330. The normalized spacial score (nSPS) is 10.7. The van der Waals surface area contributed by atoms with E-state index in [-0.39, 0.29) is 19.2 Å². The van der Waals surface area contributed by atoms with Gasteiger partial charge in [-0.05, 0) is 25.3 Å². The number of hydrogen-bond donors (Lipinski definition) is 1. The van der Waals surface area contributed by atoms with E-state index in [9.17, 15) is 4.79 Å². The van der Waals surface area contributed by atoms with E-state index < -0.39 is 0 Å². The molecule has 0 aliphatic rings. The van der Waals surface area contributed by atoms with Crippen molar-refractivity contribution in [3.8, 4) is 0 Å². The first-order chi connectivity index (χ1) is 8.81. The van der Waals surface area contributed by atoms with Gasteiger partial charge in [0.25, 0.3) is 0 Å². The second kappa shape index (κ2) is 14.0. The average molecular weight is 254 g/mol. The van der Waals surface area contributed by atoms with Gasteiger partial charge in [0.2, 0.25) is 0 Å². The zero-order valence-corrected chi connectivity index (χ0v) is 11.3. The topological polar surface area (TPSA) is 46.5 Å². The summed E-state index contributed by atoms with van der Waals surface area (Å²) in [6.45, 7) is 3.95. The summed E-state index contributed by atoms with van der Waals surface area (Å²) < 4.78 is 4.96. The van der Waals surface area contributed by atoms with Crippen LogP contribution in [0.15, 0.2) is 24.8 Å². The molecule has 0 saturated heterocycles. The largest absolute Gasteiger partial charge is 0.461 e. The molecule has 3 heteroatoms. The van der Waals surface area contributed by atoms with Gasteiger partial charge >= 0.3 is 5.97 Å². The molecule has 1 N–H and O–H groups in total. The monoisotopic (exact) mass is 254 g/mol. The summed E-state index contributed by atoms with van der Waals surface area (Å²) in [5.74, 6) is -0.149. The molecule has 0 aromatic rings. The van der Waals surface area contributed by atoms with Crippen LogP contribution in [0.2, 0.25) is 0 Å². The van der Waals surface area contributed by atoms with Crippen molar-refractivity contribution in [1.82, 2.24) is 0 Å². The third-order valence-electron chi connectivity index (χ3n) is 2.65. The number of allylic oxidation sites excluding steroid dienone is 1. The lowest BCUT2D eigenvalue weighted by molar-refractivity contribution is -0.142. The molecule has 0 aromatic carbocycles. The summed E-state index contributed by atoms with van der Waals surface area (Å²) in [7, 11) is 0. The summed E-state index contributed by atoms with van der Waals surface area (Å²) in [5.41, 5.74) is 0. The summed E-state index contributed by atoms with van der Waals surface area (Å²) in [5, 5.41) is 8.48. The van der Waals surface area contributed by atoms with Gasteiger partial charge in [-0.1, -0.05) is 37.8 Å². The van der Waals surface area contributed by atoms with Crippen molar-refractivity contribution < 1.29 is 14.6 Å². The molecule has 0 saturated carbocycles. The summed E-state index contributed by atoms with van der Waals surface area (Å²) in [6.07, 6.45) is 13.7. The average Bonchev–Trinajstić information content (AvgIpc) is 2.38. The number of aliphatic hydroxyl groups excluding tert-OH is 1. The Balaban J connectivity index is 3.20. The Morgan fingerprint density at radius 1 is 1.06 bits per heavy atom. The first-order valence-electron chi connectivity index (χ1n) is 6.83. The van der Waals surface area contributed by atoms with Gasteiger partial charge in [0.15, 0.2) is 0 Å². The van der Waals surface area contributed by atoms with E-state index in [0.717, 1.165) is 19.3 Å². The zero-order valence-electron chi connectivity index (χ0n) is 11.3. The van der Waals surface area contributed by atoms with Crippen molar-refractivity contribution in [2.45, 2.75) is 51.4 Å². The third kappa shape index (κ3) is 13.0. The number of esters is 1. The van der Waals surface area contributed by atoms with Crippen LogP contribution >= 0.6 is 0 Å². The highest BCUT2D eigenvalue weighted by Gasteiger charge is 2.00. The number of unbranched alkanes of at least 4 members (excludes halogenated alkanes) is 6. The zero-order chi connectivity index (χ0) is 13.5. The Hall–Kier alpha value is -1.09. The highest BCUT2D eigenvalue weighted by atomic mass is 16.5. The van der Waals surface area contributed by atoms with E-state index in [0.29, 0.717) is 6.42 Å². The molecule has 0 aromatic heterocycles. The Morgan fingerprint density at radius 2 is 1.72 bits per heavy atom. The van der Waals surface area contributed by atoms with Crippen molar-refractivity contribution in [1.29, 1.82) is 0 Å². The van der Waals surface area contributed by atoms with Crippen molar-refractivity contribution in [2.75, 3.05) is 13.2 Å². The fraction of sp³-hybridized carbons (Fsp3) is 0.667. The second-order valence-electron chi connectivity index (χ2n) is 4.29. The van der Waals surface area contributed by atoms with Gasteiger partial charge in [0.05, 0.1) is 6.61 Å². The summed E-state index contributed by atoms with van der Waals surface area (Å²) in [4.78, 5) is 11.3. The van der Waals surface area contributed by atoms with Crippen LogP contribution in [0, 0.1) is 0 Å².